The number of nitrogens with one attached hydrogen (secondary N) is 1. The van der Waals surface area contributed by atoms with Crippen molar-refractivity contribution in [1.82, 2.24) is 15.1 Å². The average Bonchev–Trinajstić information content (AvgIpc) is 2.23. The molecule has 5 heteroatoms. The highest BCUT2D eigenvalue weighted by Crippen LogP contribution is 2.17. The van der Waals surface area contributed by atoms with Crippen LogP contribution in [-0.2, 0) is 9.59 Å². The Hall–Kier alpha value is -1.10. The molecule has 90 valence electrons. The van der Waals surface area contributed by atoms with Gasteiger partial charge >= 0.3 is 0 Å². The van der Waals surface area contributed by atoms with Crippen LogP contribution in [0.2, 0.25) is 0 Å². The molecule has 0 radical (unpaired) electrons. The van der Waals surface area contributed by atoms with Gasteiger partial charge in [0.1, 0.15) is 6.04 Å². The first-order chi connectivity index (χ1) is 7.58. The first-order valence-electron chi connectivity index (χ1n) is 5.86. The normalized spacial score (nSPS) is 32.8. The number of likely N-dealkylation sites (tertiary alicyclic amines) is 1. The number of piperazine rings is 1. The molecule has 0 aromatic heterocycles. The van der Waals surface area contributed by atoms with Crippen LogP contribution in [0.1, 0.15) is 19.8 Å². The van der Waals surface area contributed by atoms with Gasteiger partial charge in [0.15, 0.2) is 0 Å². The van der Waals surface area contributed by atoms with Crippen LogP contribution >= 0.6 is 0 Å². The minimum atomic E-state index is -0.367. The molecule has 2 aliphatic heterocycles. The number of carbonyl (C=O) groups is 2. The van der Waals surface area contributed by atoms with Crippen LogP contribution in [-0.4, -0.2) is 60.4 Å². The van der Waals surface area contributed by atoms with Crippen molar-refractivity contribution in [3.05, 3.63) is 0 Å². The summed E-state index contributed by atoms with van der Waals surface area (Å²) in [5, 5.41) is 2.67. The first kappa shape index (κ1) is 11.4. The van der Waals surface area contributed by atoms with Crippen LogP contribution < -0.4 is 5.32 Å². The van der Waals surface area contributed by atoms with Crippen molar-refractivity contribution in [3.8, 4) is 0 Å². The highest BCUT2D eigenvalue weighted by atomic mass is 16.2. The van der Waals surface area contributed by atoms with Gasteiger partial charge in [-0.05, 0) is 33.4 Å². The lowest BCUT2D eigenvalue weighted by molar-refractivity contribution is -0.147. The van der Waals surface area contributed by atoms with Crippen molar-refractivity contribution in [2.45, 2.75) is 31.8 Å². The zero-order valence-electron chi connectivity index (χ0n) is 9.90. The maximum absolute atomic E-state index is 12.0. The number of piperidine rings is 1. The molecule has 2 amide bonds. The van der Waals surface area contributed by atoms with E-state index in [0.717, 1.165) is 25.9 Å². The van der Waals surface area contributed by atoms with Crippen molar-refractivity contribution in [3.63, 3.8) is 0 Å². The third-order valence-corrected chi connectivity index (χ3v) is 3.39. The van der Waals surface area contributed by atoms with Gasteiger partial charge in [0.2, 0.25) is 11.8 Å². The Morgan fingerprint density at radius 2 is 2.12 bits per heavy atom. The molecular formula is C11H19N3O2. The largest absolute Gasteiger partial charge is 0.343 e. The molecule has 2 saturated heterocycles. The zero-order valence-corrected chi connectivity index (χ0v) is 9.90. The second-order valence-electron chi connectivity index (χ2n) is 4.81. The molecule has 0 saturated carbocycles. The summed E-state index contributed by atoms with van der Waals surface area (Å²) in [4.78, 5) is 27.4. The SMILES string of the molecule is CC1NC(=O)CN(C2CCCN(C)C2)C1=O. The number of nitrogens with zero attached hydrogens (tertiary/aromatic N) is 2. The second kappa shape index (κ2) is 4.41. The summed E-state index contributed by atoms with van der Waals surface area (Å²) in [5.74, 6) is 0.0141. The molecule has 0 aromatic carbocycles. The molecular weight excluding hydrogens is 206 g/mol. The van der Waals surface area contributed by atoms with E-state index in [9.17, 15) is 9.59 Å². The summed E-state index contributed by atoms with van der Waals surface area (Å²) in [7, 11) is 2.06. The number of hydrogen-bond donors (Lipinski definition) is 1. The third kappa shape index (κ3) is 2.19. The number of amides is 2. The Morgan fingerprint density at radius 1 is 1.38 bits per heavy atom. The van der Waals surface area contributed by atoms with Crippen LogP contribution in [0, 0.1) is 0 Å². The van der Waals surface area contributed by atoms with Gasteiger partial charge in [-0.3, -0.25) is 9.59 Å². The summed E-state index contributed by atoms with van der Waals surface area (Å²) in [6.45, 7) is 3.94. The molecule has 2 unspecified atom stereocenters. The average molecular weight is 225 g/mol. The Balaban J connectivity index is 2.06. The molecule has 0 spiro atoms. The predicted octanol–water partition coefficient (Wildman–Crippen LogP) is -0.572. The minimum Gasteiger partial charge on any atom is -0.343 e. The lowest BCUT2D eigenvalue weighted by Gasteiger charge is -2.41. The molecule has 0 aromatic rings. The predicted molar refractivity (Wildman–Crippen MR) is 59.8 cm³/mol. The second-order valence-corrected chi connectivity index (χ2v) is 4.81. The summed E-state index contributed by atoms with van der Waals surface area (Å²) >= 11 is 0. The maximum Gasteiger partial charge on any atom is 0.245 e. The molecule has 2 heterocycles. The van der Waals surface area contributed by atoms with Gasteiger partial charge in [-0.15, -0.1) is 0 Å². The summed E-state index contributed by atoms with van der Waals surface area (Å²) in [5.41, 5.74) is 0. The fourth-order valence-corrected chi connectivity index (χ4v) is 2.53. The molecule has 2 atom stereocenters. The van der Waals surface area contributed by atoms with E-state index in [0.29, 0.717) is 0 Å². The van der Waals surface area contributed by atoms with Crippen LogP contribution in [0.15, 0.2) is 0 Å². The van der Waals surface area contributed by atoms with Crippen molar-refractivity contribution < 1.29 is 9.59 Å². The van der Waals surface area contributed by atoms with Crippen LogP contribution in [0.5, 0.6) is 0 Å². The molecule has 2 aliphatic rings. The van der Waals surface area contributed by atoms with Crippen molar-refractivity contribution in [1.29, 1.82) is 0 Å². The van der Waals surface area contributed by atoms with E-state index in [2.05, 4.69) is 17.3 Å². The van der Waals surface area contributed by atoms with Gasteiger partial charge in [-0.25, -0.2) is 0 Å². The molecule has 0 bridgehead atoms. The van der Waals surface area contributed by atoms with Gasteiger partial charge < -0.3 is 15.1 Å². The van der Waals surface area contributed by atoms with E-state index < -0.39 is 0 Å². The Morgan fingerprint density at radius 3 is 2.81 bits per heavy atom. The van der Waals surface area contributed by atoms with Gasteiger partial charge in [0.25, 0.3) is 0 Å². The fourth-order valence-electron chi connectivity index (χ4n) is 2.53. The Kier molecular flexibility index (Phi) is 3.14. The lowest BCUT2D eigenvalue weighted by atomic mass is 10.0. The standard InChI is InChI=1S/C11H19N3O2/c1-8-11(16)14(7-10(15)12-8)9-4-3-5-13(2)6-9/h8-9H,3-7H2,1-2H3,(H,12,15). The van der Waals surface area contributed by atoms with Crippen LogP contribution in [0.25, 0.3) is 0 Å². The van der Waals surface area contributed by atoms with Crippen molar-refractivity contribution >= 4 is 11.8 Å². The summed E-state index contributed by atoms with van der Waals surface area (Å²) in [6, 6.07) is -0.159. The molecule has 1 N–H and O–H groups in total. The maximum atomic E-state index is 12.0. The van der Waals surface area contributed by atoms with Gasteiger partial charge in [0, 0.05) is 12.6 Å². The third-order valence-electron chi connectivity index (χ3n) is 3.39. The highest BCUT2D eigenvalue weighted by molar-refractivity contribution is 5.94. The first-order valence-corrected chi connectivity index (χ1v) is 5.86. The molecule has 0 aliphatic carbocycles. The smallest absolute Gasteiger partial charge is 0.245 e. The van der Waals surface area contributed by atoms with Crippen molar-refractivity contribution in [2.75, 3.05) is 26.7 Å². The minimum absolute atomic E-state index is 0.0414. The van der Waals surface area contributed by atoms with E-state index >= 15 is 0 Å². The molecule has 2 fully saturated rings. The molecule has 16 heavy (non-hydrogen) atoms. The van der Waals surface area contributed by atoms with Gasteiger partial charge in [-0.2, -0.15) is 0 Å². The zero-order chi connectivity index (χ0) is 11.7. The van der Waals surface area contributed by atoms with E-state index in [1.807, 2.05) is 0 Å². The number of rotatable bonds is 1. The Labute approximate surface area is 95.8 Å². The topological polar surface area (TPSA) is 52.7 Å². The fraction of sp³-hybridized carbons (Fsp3) is 0.818. The van der Waals surface area contributed by atoms with E-state index in [-0.39, 0.29) is 30.4 Å². The van der Waals surface area contributed by atoms with Crippen molar-refractivity contribution in [2.24, 2.45) is 0 Å². The lowest BCUT2D eigenvalue weighted by Crippen LogP contribution is -2.61. The number of hydrogen-bond acceptors (Lipinski definition) is 3. The van der Waals surface area contributed by atoms with Crippen LogP contribution in [0.3, 0.4) is 0 Å². The number of likely N-dealkylation sites (N-methyl/N-ethyl adjacent to an activating group) is 1. The summed E-state index contributed by atoms with van der Waals surface area (Å²) in [6.07, 6.45) is 2.11. The quantitative estimate of drug-likeness (QED) is 0.650. The highest BCUT2D eigenvalue weighted by Gasteiger charge is 2.35. The summed E-state index contributed by atoms with van der Waals surface area (Å²) < 4.78 is 0. The van der Waals surface area contributed by atoms with E-state index in [4.69, 9.17) is 0 Å². The molecule has 2 rings (SSSR count). The molecule has 5 nitrogen and oxygen atoms in total. The van der Waals surface area contributed by atoms with Crippen LogP contribution in [0.4, 0.5) is 0 Å². The van der Waals surface area contributed by atoms with Gasteiger partial charge in [-0.1, -0.05) is 0 Å². The van der Waals surface area contributed by atoms with E-state index in [1.54, 1.807) is 11.8 Å². The van der Waals surface area contributed by atoms with E-state index in [1.165, 1.54) is 0 Å². The Bertz CT molecular complexity index is 306. The number of carbonyl (C=O) groups excluding carboxylic acids is 2. The monoisotopic (exact) mass is 225 g/mol. The van der Waals surface area contributed by atoms with Gasteiger partial charge in [0.05, 0.1) is 6.54 Å².